The molecule has 0 fully saturated rings. The van der Waals surface area contributed by atoms with Crippen LogP contribution in [0.4, 0.5) is 0 Å². The van der Waals surface area contributed by atoms with Crippen LogP contribution in [0.3, 0.4) is 0 Å². The summed E-state index contributed by atoms with van der Waals surface area (Å²) in [5.74, 6) is 0.937. The van der Waals surface area contributed by atoms with Crippen LogP contribution in [-0.2, 0) is 6.42 Å². The lowest BCUT2D eigenvalue weighted by molar-refractivity contribution is 1.01. The van der Waals surface area contributed by atoms with Crippen molar-refractivity contribution >= 4 is 22.9 Å². The number of nitrogens with zero attached hydrogens (tertiary/aromatic N) is 2. The number of nitrogens with one attached hydrogen (secondary N) is 1. The lowest BCUT2D eigenvalue weighted by Crippen LogP contribution is -1.89. The molecular weight excluding hydrogens is 266 g/mol. The summed E-state index contributed by atoms with van der Waals surface area (Å²) in [5.41, 5.74) is 2.07. The number of aromatic amines is 1. The molecular formula is C13H10ClN3S. The highest BCUT2D eigenvalue weighted by Gasteiger charge is 2.06. The van der Waals surface area contributed by atoms with Gasteiger partial charge in [-0.05, 0) is 12.1 Å². The van der Waals surface area contributed by atoms with Crippen LogP contribution in [0.5, 0.6) is 0 Å². The molecule has 1 N–H and O–H groups in total. The molecule has 0 unspecified atom stereocenters. The van der Waals surface area contributed by atoms with Crippen molar-refractivity contribution in [3.8, 4) is 11.3 Å². The van der Waals surface area contributed by atoms with E-state index in [1.54, 1.807) is 17.5 Å². The standard InChI is InChI=1S/C13H10ClN3S/c14-10-3-1-9(2-4-10)11-8-18-13(17-11)7-12-15-5-6-16-12/h1-6,8H,7H2,(H,15,16). The highest BCUT2D eigenvalue weighted by atomic mass is 35.5. The van der Waals surface area contributed by atoms with Gasteiger partial charge in [-0.25, -0.2) is 9.97 Å². The van der Waals surface area contributed by atoms with Crippen LogP contribution in [0, 0.1) is 0 Å². The molecule has 0 aliphatic rings. The van der Waals surface area contributed by atoms with Gasteiger partial charge < -0.3 is 4.98 Å². The third kappa shape index (κ3) is 2.44. The van der Waals surface area contributed by atoms with Crippen molar-refractivity contribution in [2.45, 2.75) is 6.42 Å². The Hall–Kier alpha value is -1.65. The SMILES string of the molecule is Clc1ccc(-c2csc(Cc3ncc[nH]3)n2)cc1. The average Bonchev–Trinajstić information content (AvgIpc) is 3.02. The third-order valence-corrected chi connectivity index (χ3v) is 3.67. The first-order valence-corrected chi connectivity index (χ1v) is 6.75. The second-order valence-electron chi connectivity index (χ2n) is 3.85. The molecule has 0 saturated carbocycles. The van der Waals surface area contributed by atoms with Crippen LogP contribution < -0.4 is 0 Å². The second-order valence-corrected chi connectivity index (χ2v) is 5.23. The Labute approximate surface area is 114 Å². The zero-order chi connectivity index (χ0) is 12.4. The van der Waals surface area contributed by atoms with E-state index in [4.69, 9.17) is 11.6 Å². The Morgan fingerprint density at radius 3 is 2.78 bits per heavy atom. The van der Waals surface area contributed by atoms with E-state index in [9.17, 15) is 0 Å². The first-order chi connectivity index (χ1) is 8.81. The number of imidazole rings is 1. The highest BCUT2D eigenvalue weighted by Crippen LogP contribution is 2.24. The van der Waals surface area contributed by atoms with Crippen molar-refractivity contribution in [3.63, 3.8) is 0 Å². The Morgan fingerprint density at radius 1 is 1.22 bits per heavy atom. The molecule has 5 heteroatoms. The van der Waals surface area contributed by atoms with Gasteiger partial charge in [0.1, 0.15) is 10.8 Å². The van der Waals surface area contributed by atoms with Gasteiger partial charge in [-0.2, -0.15) is 0 Å². The van der Waals surface area contributed by atoms with Crippen molar-refractivity contribution in [1.29, 1.82) is 0 Å². The van der Waals surface area contributed by atoms with E-state index < -0.39 is 0 Å². The second kappa shape index (κ2) is 4.92. The van der Waals surface area contributed by atoms with Crippen LogP contribution in [0.25, 0.3) is 11.3 Å². The van der Waals surface area contributed by atoms with Gasteiger partial charge in [0.25, 0.3) is 0 Å². The molecule has 3 aromatic rings. The Balaban J connectivity index is 1.83. The molecule has 0 spiro atoms. The molecule has 0 radical (unpaired) electrons. The van der Waals surface area contributed by atoms with E-state index in [2.05, 4.69) is 20.3 Å². The predicted octanol–water partition coefficient (Wildman–Crippen LogP) is 3.78. The van der Waals surface area contributed by atoms with Crippen molar-refractivity contribution in [1.82, 2.24) is 15.0 Å². The van der Waals surface area contributed by atoms with Gasteiger partial charge in [-0.3, -0.25) is 0 Å². The van der Waals surface area contributed by atoms with Crippen molar-refractivity contribution in [2.24, 2.45) is 0 Å². The lowest BCUT2D eigenvalue weighted by Gasteiger charge is -1.96. The number of benzene rings is 1. The normalized spacial score (nSPS) is 10.7. The largest absolute Gasteiger partial charge is 0.348 e. The molecule has 0 aliphatic carbocycles. The van der Waals surface area contributed by atoms with Crippen LogP contribution in [0.15, 0.2) is 42.0 Å². The first kappa shape index (κ1) is 11.4. The maximum Gasteiger partial charge on any atom is 0.112 e. The molecule has 2 heterocycles. The molecule has 0 bridgehead atoms. The zero-order valence-electron chi connectivity index (χ0n) is 9.43. The fourth-order valence-corrected chi connectivity index (χ4v) is 2.62. The number of halogens is 1. The number of H-pyrrole nitrogens is 1. The van der Waals surface area contributed by atoms with Crippen LogP contribution >= 0.6 is 22.9 Å². The predicted molar refractivity (Wildman–Crippen MR) is 74.0 cm³/mol. The molecule has 2 aromatic heterocycles. The average molecular weight is 276 g/mol. The van der Waals surface area contributed by atoms with Crippen molar-refractivity contribution in [3.05, 3.63) is 57.9 Å². The molecule has 0 atom stereocenters. The number of aromatic nitrogens is 3. The monoisotopic (exact) mass is 275 g/mol. The molecule has 0 amide bonds. The summed E-state index contributed by atoms with van der Waals surface area (Å²) in [4.78, 5) is 11.9. The zero-order valence-corrected chi connectivity index (χ0v) is 11.0. The summed E-state index contributed by atoms with van der Waals surface area (Å²) in [5, 5.41) is 3.85. The molecule has 3 rings (SSSR count). The third-order valence-electron chi connectivity index (χ3n) is 2.57. The quantitative estimate of drug-likeness (QED) is 0.790. The van der Waals surface area contributed by atoms with Crippen molar-refractivity contribution < 1.29 is 0 Å². The highest BCUT2D eigenvalue weighted by molar-refractivity contribution is 7.10. The van der Waals surface area contributed by atoms with Gasteiger partial charge in [0, 0.05) is 28.4 Å². The molecule has 1 aromatic carbocycles. The molecule has 3 nitrogen and oxygen atoms in total. The van der Waals surface area contributed by atoms with Gasteiger partial charge in [-0.15, -0.1) is 11.3 Å². The van der Waals surface area contributed by atoms with Gasteiger partial charge >= 0.3 is 0 Å². The van der Waals surface area contributed by atoms with E-state index in [0.717, 1.165) is 33.5 Å². The van der Waals surface area contributed by atoms with E-state index in [-0.39, 0.29) is 0 Å². The maximum absolute atomic E-state index is 5.87. The summed E-state index contributed by atoms with van der Waals surface area (Å²) >= 11 is 7.51. The maximum atomic E-state index is 5.87. The van der Waals surface area contributed by atoms with Gasteiger partial charge in [0.15, 0.2) is 0 Å². The van der Waals surface area contributed by atoms with Crippen molar-refractivity contribution in [2.75, 3.05) is 0 Å². The van der Waals surface area contributed by atoms with Crippen LogP contribution in [0.1, 0.15) is 10.8 Å². The van der Waals surface area contributed by atoms with Gasteiger partial charge in [-0.1, -0.05) is 23.7 Å². The fraction of sp³-hybridized carbons (Fsp3) is 0.0769. The minimum absolute atomic E-state index is 0.741. The topological polar surface area (TPSA) is 41.6 Å². The summed E-state index contributed by atoms with van der Waals surface area (Å²) in [6, 6.07) is 7.72. The Kier molecular flexibility index (Phi) is 3.13. The van der Waals surface area contributed by atoms with E-state index >= 15 is 0 Å². The Bertz CT molecular complexity index is 629. The van der Waals surface area contributed by atoms with Gasteiger partial charge in [0.05, 0.1) is 12.1 Å². The smallest absolute Gasteiger partial charge is 0.112 e. The number of rotatable bonds is 3. The number of hydrogen-bond acceptors (Lipinski definition) is 3. The fourth-order valence-electron chi connectivity index (χ4n) is 1.68. The number of thiazole rings is 1. The minimum Gasteiger partial charge on any atom is -0.348 e. The molecule has 90 valence electrons. The first-order valence-electron chi connectivity index (χ1n) is 5.50. The number of hydrogen-bond donors (Lipinski definition) is 1. The summed E-state index contributed by atoms with van der Waals surface area (Å²) < 4.78 is 0. The molecule has 0 aliphatic heterocycles. The van der Waals surface area contributed by atoms with E-state index in [1.165, 1.54) is 0 Å². The van der Waals surface area contributed by atoms with Crippen LogP contribution in [-0.4, -0.2) is 15.0 Å². The van der Waals surface area contributed by atoms with Crippen LogP contribution in [0.2, 0.25) is 5.02 Å². The van der Waals surface area contributed by atoms with E-state index in [0.29, 0.717) is 0 Å². The Morgan fingerprint density at radius 2 is 2.06 bits per heavy atom. The molecule has 0 saturated heterocycles. The van der Waals surface area contributed by atoms with Gasteiger partial charge in [0.2, 0.25) is 0 Å². The minimum atomic E-state index is 0.741. The summed E-state index contributed by atoms with van der Waals surface area (Å²) in [7, 11) is 0. The van der Waals surface area contributed by atoms with E-state index in [1.807, 2.05) is 30.5 Å². The summed E-state index contributed by atoms with van der Waals surface area (Å²) in [6.07, 6.45) is 4.32. The lowest BCUT2D eigenvalue weighted by atomic mass is 10.2. The molecule has 18 heavy (non-hydrogen) atoms. The summed E-state index contributed by atoms with van der Waals surface area (Å²) in [6.45, 7) is 0.